The van der Waals surface area contributed by atoms with Gasteiger partial charge in [-0.05, 0) is 25.3 Å². The lowest BCUT2D eigenvalue weighted by atomic mass is 10.0. The highest BCUT2D eigenvalue weighted by Crippen LogP contribution is 2.11. The highest BCUT2D eigenvalue weighted by Gasteiger charge is 2.09. The van der Waals surface area contributed by atoms with Gasteiger partial charge in [-0.2, -0.15) is 0 Å². The van der Waals surface area contributed by atoms with Gasteiger partial charge in [0.2, 0.25) is 0 Å². The summed E-state index contributed by atoms with van der Waals surface area (Å²) in [6.45, 7) is 4.38. The zero-order valence-corrected chi connectivity index (χ0v) is 7.46. The second kappa shape index (κ2) is 7.29. The number of halogens is 2. The summed E-state index contributed by atoms with van der Waals surface area (Å²) in [5.41, 5.74) is 5.21. The van der Waals surface area contributed by atoms with Crippen LogP contribution in [0.15, 0.2) is 0 Å². The van der Waals surface area contributed by atoms with Crippen LogP contribution in [0.2, 0.25) is 0 Å². The highest BCUT2D eigenvalue weighted by atomic mass is 35.5. The summed E-state index contributed by atoms with van der Waals surface area (Å²) < 4.78 is 12.7. The molecule has 0 bridgehead atoms. The van der Waals surface area contributed by atoms with Gasteiger partial charge in [0, 0.05) is 0 Å². The van der Waals surface area contributed by atoms with Crippen LogP contribution in [-0.4, -0.2) is 12.7 Å². The molecule has 2 N–H and O–H groups in total. The molecule has 0 amide bonds. The van der Waals surface area contributed by atoms with Gasteiger partial charge in [-0.1, -0.05) is 13.8 Å². The Morgan fingerprint density at radius 3 is 2.20 bits per heavy atom. The second-order valence-corrected chi connectivity index (χ2v) is 2.69. The fourth-order valence-electron chi connectivity index (χ4n) is 0.646. The van der Waals surface area contributed by atoms with Crippen molar-refractivity contribution in [3.63, 3.8) is 0 Å². The van der Waals surface area contributed by atoms with Gasteiger partial charge in [0.25, 0.3) is 0 Å². The maximum absolute atomic E-state index is 12.7. The average Bonchev–Trinajstić information content (AvgIpc) is 1.82. The fraction of sp³-hybridized carbons (Fsp3) is 1.00. The van der Waals surface area contributed by atoms with E-state index in [1.54, 1.807) is 0 Å². The summed E-state index contributed by atoms with van der Waals surface area (Å²) in [6.07, 6.45) is 0.765. The van der Waals surface area contributed by atoms with E-state index in [-0.39, 0.29) is 18.3 Å². The van der Waals surface area contributed by atoms with Crippen LogP contribution in [0.1, 0.15) is 26.7 Å². The summed E-state index contributed by atoms with van der Waals surface area (Å²) in [7, 11) is 0. The molecule has 3 heteroatoms. The number of alkyl halides is 1. The first-order chi connectivity index (χ1) is 4.18. The number of rotatable bonds is 4. The maximum atomic E-state index is 12.7. The molecule has 64 valence electrons. The molecule has 1 atom stereocenters. The van der Waals surface area contributed by atoms with Crippen molar-refractivity contribution in [1.29, 1.82) is 0 Å². The van der Waals surface area contributed by atoms with Gasteiger partial charge in [-0.15, -0.1) is 12.4 Å². The number of nitrogens with two attached hydrogens (primary N) is 1. The van der Waals surface area contributed by atoms with Crippen molar-refractivity contribution in [2.75, 3.05) is 6.54 Å². The van der Waals surface area contributed by atoms with Gasteiger partial charge in [-0.25, -0.2) is 4.39 Å². The molecule has 0 aromatic carbocycles. The van der Waals surface area contributed by atoms with Crippen molar-refractivity contribution in [1.82, 2.24) is 0 Å². The summed E-state index contributed by atoms with van der Waals surface area (Å²) >= 11 is 0. The lowest BCUT2D eigenvalue weighted by molar-refractivity contribution is 0.237. The van der Waals surface area contributed by atoms with Crippen molar-refractivity contribution in [2.45, 2.75) is 32.9 Å². The molecule has 0 aliphatic rings. The number of hydrogen-bond donors (Lipinski definition) is 1. The molecule has 0 spiro atoms. The Labute approximate surface area is 68.6 Å². The van der Waals surface area contributed by atoms with Crippen molar-refractivity contribution in [2.24, 2.45) is 11.7 Å². The van der Waals surface area contributed by atoms with Gasteiger partial charge in [0.05, 0.1) is 0 Å². The molecule has 0 radical (unpaired) electrons. The van der Waals surface area contributed by atoms with E-state index in [1.807, 2.05) is 13.8 Å². The van der Waals surface area contributed by atoms with E-state index >= 15 is 0 Å². The molecule has 10 heavy (non-hydrogen) atoms. The first-order valence-electron chi connectivity index (χ1n) is 3.52. The van der Waals surface area contributed by atoms with E-state index in [9.17, 15) is 4.39 Å². The predicted octanol–water partition coefficient (Wildman–Crippen LogP) is 2.14. The molecule has 0 aromatic heterocycles. The first kappa shape index (κ1) is 12.8. The van der Waals surface area contributed by atoms with E-state index in [4.69, 9.17) is 5.73 Å². The molecule has 1 unspecified atom stereocenters. The SMILES string of the molecule is CC(C)C(F)CCCN.Cl. The van der Waals surface area contributed by atoms with E-state index in [0.717, 1.165) is 6.42 Å². The predicted molar refractivity (Wildman–Crippen MR) is 45.3 cm³/mol. The summed E-state index contributed by atoms with van der Waals surface area (Å²) in [6, 6.07) is 0. The molecule has 0 fully saturated rings. The third kappa shape index (κ3) is 6.30. The van der Waals surface area contributed by atoms with Crippen LogP contribution < -0.4 is 5.73 Å². The standard InChI is InChI=1S/C7H16FN.ClH/c1-6(2)7(8)4-3-5-9;/h6-7H,3-5,9H2,1-2H3;1H. The third-order valence-corrected chi connectivity index (χ3v) is 1.41. The van der Waals surface area contributed by atoms with Crippen molar-refractivity contribution < 1.29 is 4.39 Å². The topological polar surface area (TPSA) is 26.0 Å². The van der Waals surface area contributed by atoms with Gasteiger partial charge in [0.15, 0.2) is 0 Å². The maximum Gasteiger partial charge on any atom is 0.102 e. The van der Waals surface area contributed by atoms with Crippen LogP contribution in [0.25, 0.3) is 0 Å². The summed E-state index contributed by atoms with van der Waals surface area (Å²) in [5, 5.41) is 0. The highest BCUT2D eigenvalue weighted by molar-refractivity contribution is 5.85. The molecule has 0 saturated carbocycles. The zero-order chi connectivity index (χ0) is 7.28. The van der Waals surface area contributed by atoms with Gasteiger partial charge < -0.3 is 5.73 Å². The zero-order valence-electron chi connectivity index (χ0n) is 6.64. The minimum atomic E-state index is -0.659. The Morgan fingerprint density at radius 2 is 1.90 bits per heavy atom. The monoisotopic (exact) mass is 169 g/mol. The van der Waals surface area contributed by atoms with Crippen molar-refractivity contribution in [3.05, 3.63) is 0 Å². The Morgan fingerprint density at radius 1 is 1.40 bits per heavy atom. The van der Waals surface area contributed by atoms with E-state index in [1.165, 1.54) is 0 Å². The Kier molecular flexibility index (Phi) is 9.35. The van der Waals surface area contributed by atoms with Crippen LogP contribution in [0.4, 0.5) is 4.39 Å². The third-order valence-electron chi connectivity index (χ3n) is 1.41. The molecule has 0 aliphatic carbocycles. The Hall–Kier alpha value is 0.180. The quantitative estimate of drug-likeness (QED) is 0.686. The van der Waals surface area contributed by atoms with E-state index in [0.29, 0.717) is 13.0 Å². The smallest absolute Gasteiger partial charge is 0.102 e. The molecular formula is C7H17ClFN. The molecule has 0 rings (SSSR count). The van der Waals surface area contributed by atoms with Crippen LogP contribution in [-0.2, 0) is 0 Å². The minimum Gasteiger partial charge on any atom is -0.330 e. The molecule has 0 aliphatic heterocycles. The minimum absolute atomic E-state index is 0. The largest absolute Gasteiger partial charge is 0.330 e. The van der Waals surface area contributed by atoms with Crippen LogP contribution >= 0.6 is 12.4 Å². The molecule has 1 nitrogen and oxygen atoms in total. The molecular weight excluding hydrogens is 153 g/mol. The van der Waals surface area contributed by atoms with Crippen LogP contribution in [0, 0.1) is 5.92 Å². The van der Waals surface area contributed by atoms with Crippen LogP contribution in [0.5, 0.6) is 0 Å². The van der Waals surface area contributed by atoms with Crippen LogP contribution in [0.3, 0.4) is 0 Å². The van der Waals surface area contributed by atoms with Gasteiger partial charge in [0.1, 0.15) is 6.17 Å². The van der Waals surface area contributed by atoms with Gasteiger partial charge in [-0.3, -0.25) is 0 Å². The van der Waals surface area contributed by atoms with Gasteiger partial charge >= 0.3 is 0 Å². The molecule has 0 saturated heterocycles. The second-order valence-electron chi connectivity index (χ2n) is 2.69. The fourth-order valence-corrected chi connectivity index (χ4v) is 0.646. The lowest BCUT2D eigenvalue weighted by Crippen LogP contribution is -2.11. The number of hydrogen-bond acceptors (Lipinski definition) is 1. The molecule has 0 aromatic rings. The summed E-state index contributed by atoms with van der Waals surface area (Å²) in [5.74, 6) is 0.150. The lowest BCUT2D eigenvalue weighted by Gasteiger charge is -2.09. The normalized spacial score (nSPS) is 12.9. The Balaban J connectivity index is 0. The van der Waals surface area contributed by atoms with E-state index in [2.05, 4.69) is 0 Å². The average molecular weight is 170 g/mol. The van der Waals surface area contributed by atoms with Crippen molar-refractivity contribution >= 4 is 12.4 Å². The molecule has 0 heterocycles. The van der Waals surface area contributed by atoms with E-state index < -0.39 is 6.17 Å². The Bertz CT molecular complexity index is 68.6. The first-order valence-corrected chi connectivity index (χ1v) is 3.52. The van der Waals surface area contributed by atoms with Crippen molar-refractivity contribution in [3.8, 4) is 0 Å². The summed E-state index contributed by atoms with van der Waals surface area (Å²) in [4.78, 5) is 0.